The highest BCUT2D eigenvalue weighted by Crippen LogP contribution is 2.29. The molecule has 1 amide bonds. The van der Waals surface area contributed by atoms with Crippen LogP contribution >= 0.6 is 47.2 Å². The summed E-state index contributed by atoms with van der Waals surface area (Å²) in [5.41, 5.74) is 8.15. The zero-order valence-corrected chi connectivity index (χ0v) is 16.6. The molecule has 0 aliphatic rings. The van der Waals surface area contributed by atoms with Crippen molar-refractivity contribution in [2.24, 2.45) is 0 Å². The first-order valence-corrected chi connectivity index (χ1v) is 9.70. The van der Waals surface area contributed by atoms with Gasteiger partial charge in [0.15, 0.2) is 5.11 Å². The van der Waals surface area contributed by atoms with Gasteiger partial charge < -0.3 is 5.32 Å². The van der Waals surface area contributed by atoms with E-state index in [-0.39, 0.29) is 11.0 Å². The average molecular weight is 414 g/mol. The number of aryl methyl sites for hydroxylation is 1. The van der Waals surface area contributed by atoms with Crippen LogP contribution in [-0.2, 0) is 10.5 Å². The molecule has 8 heteroatoms. The summed E-state index contributed by atoms with van der Waals surface area (Å²) in [6.07, 6.45) is 0. The van der Waals surface area contributed by atoms with E-state index in [0.29, 0.717) is 21.5 Å². The monoisotopic (exact) mass is 413 g/mol. The summed E-state index contributed by atoms with van der Waals surface area (Å²) in [5.74, 6) is 0.925. The SMILES string of the molecule is Cc1ccc(CSCC(=O)NNC(=S)Nc2cccc(Cl)c2Cl)cc1. The van der Waals surface area contributed by atoms with Gasteiger partial charge in [-0.05, 0) is 36.8 Å². The molecular formula is C17H17Cl2N3OS2. The molecule has 2 aromatic carbocycles. The smallest absolute Gasteiger partial charge is 0.248 e. The molecule has 0 radical (unpaired) electrons. The van der Waals surface area contributed by atoms with Crippen molar-refractivity contribution in [2.75, 3.05) is 11.1 Å². The van der Waals surface area contributed by atoms with Crippen LogP contribution in [0.25, 0.3) is 0 Å². The van der Waals surface area contributed by atoms with Crippen molar-refractivity contribution in [1.82, 2.24) is 10.9 Å². The minimum Gasteiger partial charge on any atom is -0.330 e. The zero-order valence-electron chi connectivity index (χ0n) is 13.4. The molecule has 0 fully saturated rings. The molecule has 0 heterocycles. The number of anilines is 1. The van der Waals surface area contributed by atoms with Crippen LogP contribution in [-0.4, -0.2) is 16.8 Å². The Bertz CT molecular complexity index is 754. The van der Waals surface area contributed by atoms with Gasteiger partial charge in [-0.1, -0.05) is 59.1 Å². The quantitative estimate of drug-likeness (QED) is 0.495. The van der Waals surface area contributed by atoms with E-state index >= 15 is 0 Å². The number of hydrogen-bond donors (Lipinski definition) is 3. The number of carbonyl (C=O) groups is 1. The van der Waals surface area contributed by atoms with Crippen molar-refractivity contribution in [3.8, 4) is 0 Å². The Morgan fingerprint density at radius 2 is 1.84 bits per heavy atom. The van der Waals surface area contributed by atoms with Crippen molar-refractivity contribution in [1.29, 1.82) is 0 Å². The second-order valence-electron chi connectivity index (χ2n) is 5.21. The number of rotatable bonds is 5. The number of thiocarbonyl (C=S) groups is 1. The number of hydrogen-bond acceptors (Lipinski definition) is 3. The molecule has 3 N–H and O–H groups in total. The fourth-order valence-electron chi connectivity index (χ4n) is 1.86. The maximum Gasteiger partial charge on any atom is 0.248 e. The Balaban J connectivity index is 1.69. The van der Waals surface area contributed by atoms with Gasteiger partial charge in [0.2, 0.25) is 5.91 Å². The van der Waals surface area contributed by atoms with E-state index < -0.39 is 0 Å². The predicted molar refractivity (Wildman–Crippen MR) is 111 cm³/mol. The van der Waals surface area contributed by atoms with Gasteiger partial charge >= 0.3 is 0 Å². The van der Waals surface area contributed by atoms with Crippen LogP contribution in [0.3, 0.4) is 0 Å². The first-order valence-electron chi connectivity index (χ1n) is 7.39. The van der Waals surface area contributed by atoms with Crippen LogP contribution in [0.15, 0.2) is 42.5 Å². The third-order valence-electron chi connectivity index (χ3n) is 3.14. The molecule has 0 saturated carbocycles. The first kappa shape index (κ1) is 19.8. The number of halogens is 2. The third-order valence-corrected chi connectivity index (χ3v) is 5.16. The molecule has 2 aromatic rings. The Kier molecular flexibility index (Phi) is 7.84. The predicted octanol–water partition coefficient (Wildman–Crippen LogP) is 4.55. The van der Waals surface area contributed by atoms with E-state index in [2.05, 4.69) is 40.4 Å². The second kappa shape index (κ2) is 9.87. The van der Waals surface area contributed by atoms with E-state index in [0.717, 1.165) is 5.75 Å². The summed E-state index contributed by atoms with van der Waals surface area (Å²) in [7, 11) is 0. The summed E-state index contributed by atoms with van der Waals surface area (Å²) >= 11 is 18.6. The zero-order chi connectivity index (χ0) is 18.2. The second-order valence-corrected chi connectivity index (χ2v) is 7.39. The normalized spacial score (nSPS) is 10.2. The molecule has 25 heavy (non-hydrogen) atoms. The maximum absolute atomic E-state index is 11.8. The van der Waals surface area contributed by atoms with Gasteiger partial charge in [-0.25, -0.2) is 0 Å². The van der Waals surface area contributed by atoms with Crippen molar-refractivity contribution in [3.63, 3.8) is 0 Å². The van der Waals surface area contributed by atoms with Crippen molar-refractivity contribution >= 4 is 63.9 Å². The first-order chi connectivity index (χ1) is 12.0. The fourth-order valence-corrected chi connectivity index (χ4v) is 3.16. The summed E-state index contributed by atoms with van der Waals surface area (Å²) < 4.78 is 0. The Morgan fingerprint density at radius 1 is 1.12 bits per heavy atom. The molecule has 0 atom stereocenters. The van der Waals surface area contributed by atoms with Gasteiger partial charge in [0.25, 0.3) is 0 Å². The lowest BCUT2D eigenvalue weighted by Crippen LogP contribution is -2.44. The number of amides is 1. The molecule has 0 aromatic heterocycles. The number of thioether (sulfide) groups is 1. The highest BCUT2D eigenvalue weighted by molar-refractivity contribution is 7.99. The Hall–Kier alpha value is -1.47. The van der Waals surface area contributed by atoms with Gasteiger partial charge in [0.05, 0.1) is 21.5 Å². The van der Waals surface area contributed by atoms with Gasteiger partial charge in [0.1, 0.15) is 0 Å². The minimum atomic E-state index is -0.168. The largest absolute Gasteiger partial charge is 0.330 e. The van der Waals surface area contributed by atoms with Crippen molar-refractivity contribution < 1.29 is 4.79 Å². The topological polar surface area (TPSA) is 53.2 Å². The van der Waals surface area contributed by atoms with Crippen molar-refractivity contribution in [2.45, 2.75) is 12.7 Å². The van der Waals surface area contributed by atoms with E-state index in [1.165, 1.54) is 22.9 Å². The minimum absolute atomic E-state index is 0.168. The van der Waals surface area contributed by atoms with E-state index in [4.69, 9.17) is 35.4 Å². The van der Waals surface area contributed by atoms with Crippen LogP contribution in [0, 0.1) is 6.92 Å². The molecular weight excluding hydrogens is 397 g/mol. The third kappa shape index (κ3) is 6.74. The molecule has 0 unspecified atom stereocenters. The lowest BCUT2D eigenvalue weighted by Gasteiger charge is -2.13. The van der Waals surface area contributed by atoms with E-state index in [1.807, 2.05) is 6.92 Å². The number of benzene rings is 2. The number of nitrogens with one attached hydrogen (secondary N) is 3. The summed E-state index contributed by atoms with van der Waals surface area (Å²) in [5, 5.41) is 3.89. The van der Waals surface area contributed by atoms with Gasteiger partial charge in [-0.15, -0.1) is 11.8 Å². The van der Waals surface area contributed by atoms with Crippen LogP contribution in [0.5, 0.6) is 0 Å². The lowest BCUT2D eigenvalue weighted by atomic mass is 10.2. The van der Waals surface area contributed by atoms with Gasteiger partial charge in [-0.3, -0.25) is 15.6 Å². The molecule has 0 aliphatic carbocycles. The van der Waals surface area contributed by atoms with E-state index in [9.17, 15) is 4.79 Å². The summed E-state index contributed by atoms with van der Waals surface area (Å²) in [6.45, 7) is 2.05. The summed E-state index contributed by atoms with van der Waals surface area (Å²) in [4.78, 5) is 11.8. The molecule has 0 bridgehead atoms. The average Bonchev–Trinajstić information content (AvgIpc) is 2.59. The summed E-state index contributed by atoms with van der Waals surface area (Å²) in [6, 6.07) is 13.4. The van der Waals surface area contributed by atoms with Crippen molar-refractivity contribution in [3.05, 3.63) is 63.6 Å². The molecule has 2 rings (SSSR count). The van der Waals surface area contributed by atoms with Crippen LogP contribution in [0.4, 0.5) is 5.69 Å². The van der Waals surface area contributed by atoms with E-state index in [1.54, 1.807) is 18.2 Å². The lowest BCUT2D eigenvalue weighted by molar-refractivity contribution is -0.119. The number of hydrazine groups is 1. The molecule has 4 nitrogen and oxygen atoms in total. The highest BCUT2D eigenvalue weighted by atomic mass is 35.5. The molecule has 0 aliphatic heterocycles. The van der Waals surface area contributed by atoms with Gasteiger partial charge in [-0.2, -0.15) is 0 Å². The molecule has 0 saturated heterocycles. The molecule has 0 spiro atoms. The highest BCUT2D eigenvalue weighted by Gasteiger charge is 2.07. The van der Waals surface area contributed by atoms with Crippen LogP contribution < -0.4 is 16.2 Å². The van der Waals surface area contributed by atoms with Crippen LogP contribution in [0.1, 0.15) is 11.1 Å². The standard InChI is InChI=1S/C17H17Cl2N3OS2/c1-11-5-7-12(8-6-11)9-25-10-15(23)21-22-17(24)20-14-4-2-3-13(18)16(14)19/h2-8H,9-10H2,1H3,(H,21,23)(H2,20,22,24). The Labute approximate surface area is 166 Å². The van der Waals surface area contributed by atoms with Gasteiger partial charge in [0, 0.05) is 5.75 Å². The maximum atomic E-state index is 11.8. The van der Waals surface area contributed by atoms with Crippen LogP contribution in [0.2, 0.25) is 10.0 Å². The fraction of sp³-hybridized carbons (Fsp3) is 0.176. The molecule has 132 valence electrons. The Morgan fingerprint density at radius 3 is 2.56 bits per heavy atom. The number of carbonyl (C=O) groups excluding carboxylic acids is 1.